The van der Waals surface area contributed by atoms with Crippen molar-refractivity contribution in [3.63, 3.8) is 0 Å². The molecule has 1 heterocycles. The molecule has 15 heavy (non-hydrogen) atoms. The summed E-state index contributed by atoms with van der Waals surface area (Å²) in [5.41, 5.74) is 8.35. The van der Waals surface area contributed by atoms with Crippen LogP contribution < -0.4 is 5.73 Å². The molecule has 0 unspecified atom stereocenters. The number of nitrogens with zero attached hydrogens (tertiary/aromatic N) is 1. The van der Waals surface area contributed by atoms with Crippen molar-refractivity contribution in [3.8, 4) is 0 Å². The predicted molar refractivity (Wildman–Crippen MR) is 63.2 cm³/mol. The molecule has 3 rings (SSSR count). The zero-order valence-corrected chi connectivity index (χ0v) is 8.40. The first-order valence-electron chi connectivity index (χ1n) is 5.17. The lowest BCUT2D eigenvalue weighted by molar-refractivity contribution is 0.948. The summed E-state index contributed by atoms with van der Waals surface area (Å²) >= 11 is 0. The molecule has 2 aromatic carbocycles. The Kier molecular flexibility index (Phi) is 1.75. The van der Waals surface area contributed by atoms with Gasteiger partial charge in [0, 0.05) is 12.1 Å². The fraction of sp³-hybridized carbons (Fsp3) is 0.154. The zero-order valence-electron chi connectivity index (χ0n) is 8.40. The second kappa shape index (κ2) is 3.09. The van der Waals surface area contributed by atoms with Crippen LogP contribution in [0.15, 0.2) is 41.4 Å². The van der Waals surface area contributed by atoms with E-state index in [1.54, 1.807) is 0 Å². The van der Waals surface area contributed by atoms with Crippen molar-refractivity contribution >= 4 is 16.6 Å². The number of hydrogen-bond acceptors (Lipinski definition) is 2. The molecule has 2 N–H and O–H groups in total. The van der Waals surface area contributed by atoms with Crippen LogP contribution in [0.3, 0.4) is 0 Å². The summed E-state index contributed by atoms with van der Waals surface area (Å²) in [6, 6.07) is 12.6. The van der Waals surface area contributed by atoms with E-state index in [9.17, 15) is 0 Å². The van der Waals surface area contributed by atoms with Gasteiger partial charge in [-0.05, 0) is 22.8 Å². The lowest BCUT2D eigenvalue weighted by Crippen LogP contribution is -2.20. The minimum absolute atomic E-state index is 0.682. The monoisotopic (exact) mass is 196 g/mol. The maximum Gasteiger partial charge on any atom is 0.125 e. The van der Waals surface area contributed by atoms with Gasteiger partial charge < -0.3 is 5.73 Å². The van der Waals surface area contributed by atoms with Crippen molar-refractivity contribution in [3.05, 3.63) is 47.5 Å². The third kappa shape index (κ3) is 1.22. The van der Waals surface area contributed by atoms with E-state index in [1.807, 2.05) is 0 Å². The first-order chi connectivity index (χ1) is 7.36. The SMILES string of the molecule is NC1=NCCc2c1ccc1ccccc21. The molecule has 1 aliphatic heterocycles. The molecule has 74 valence electrons. The highest BCUT2D eigenvalue weighted by Gasteiger charge is 2.13. The molecular weight excluding hydrogens is 184 g/mol. The average Bonchev–Trinajstić information content (AvgIpc) is 2.29. The van der Waals surface area contributed by atoms with Gasteiger partial charge in [0.15, 0.2) is 0 Å². The van der Waals surface area contributed by atoms with Crippen LogP contribution in [-0.4, -0.2) is 12.4 Å². The normalized spacial score (nSPS) is 14.8. The van der Waals surface area contributed by atoms with E-state index in [0.29, 0.717) is 5.84 Å². The van der Waals surface area contributed by atoms with Gasteiger partial charge in [-0.3, -0.25) is 4.99 Å². The number of nitrogens with two attached hydrogens (primary N) is 1. The molecule has 2 aromatic rings. The van der Waals surface area contributed by atoms with Crippen molar-refractivity contribution in [1.82, 2.24) is 0 Å². The van der Waals surface area contributed by atoms with Crippen LogP contribution in [-0.2, 0) is 6.42 Å². The third-order valence-corrected chi connectivity index (χ3v) is 2.96. The number of hydrogen-bond donors (Lipinski definition) is 1. The van der Waals surface area contributed by atoms with Crippen molar-refractivity contribution in [2.45, 2.75) is 6.42 Å². The summed E-state index contributed by atoms with van der Waals surface area (Å²) in [6.45, 7) is 0.812. The van der Waals surface area contributed by atoms with Crippen LogP contribution in [0.25, 0.3) is 10.8 Å². The lowest BCUT2D eigenvalue weighted by Gasteiger charge is -2.16. The number of amidine groups is 1. The van der Waals surface area contributed by atoms with Gasteiger partial charge in [-0.1, -0.05) is 36.4 Å². The standard InChI is InChI=1S/C13H12N2/c14-13-12-6-5-9-3-1-2-4-10(9)11(12)7-8-15-13/h1-6H,7-8H2,(H2,14,15). The molecule has 2 heteroatoms. The Morgan fingerprint density at radius 3 is 2.87 bits per heavy atom. The summed E-state index contributed by atoms with van der Waals surface area (Å²) in [7, 11) is 0. The minimum Gasteiger partial charge on any atom is -0.383 e. The van der Waals surface area contributed by atoms with Crippen LogP contribution in [0.5, 0.6) is 0 Å². The van der Waals surface area contributed by atoms with E-state index in [2.05, 4.69) is 41.4 Å². The Morgan fingerprint density at radius 2 is 1.93 bits per heavy atom. The van der Waals surface area contributed by atoms with Crippen molar-refractivity contribution in [1.29, 1.82) is 0 Å². The number of fused-ring (bicyclic) bond motifs is 3. The van der Waals surface area contributed by atoms with Gasteiger partial charge >= 0.3 is 0 Å². The molecule has 0 aromatic heterocycles. The molecule has 0 amide bonds. The fourth-order valence-electron chi connectivity index (χ4n) is 2.22. The van der Waals surface area contributed by atoms with Gasteiger partial charge in [-0.2, -0.15) is 0 Å². The Labute approximate surface area is 88.4 Å². The molecule has 0 saturated carbocycles. The van der Waals surface area contributed by atoms with E-state index in [-0.39, 0.29) is 0 Å². The van der Waals surface area contributed by atoms with Crippen LogP contribution in [0.4, 0.5) is 0 Å². The molecule has 0 atom stereocenters. The largest absolute Gasteiger partial charge is 0.383 e. The smallest absolute Gasteiger partial charge is 0.125 e. The van der Waals surface area contributed by atoms with Crippen LogP contribution in [0, 0.1) is 0 Å². The number of aliphatic imine (C=N–C) groups is 1. The molecule has 1 aliphatic rings. The first-order valence-corrected chi connectivity index (χ1v) is 5.17. The summed E-state index contributed by atoms with van der Waals surface area (Å²) in [4.78, 5) is 4.27. The van der Waals surface area contributed by atoms with Crippen molar-refractivity contribution in [2.75, 3.05) is 6.54 Å². The lowest BCUT2D eigenvalue weighted by atomic mass is 9.94. The molecule has 0 aliphatic carbocycles. The van der Waals surface area contributed by atoms with Crippen molar-refractivity contribution < 1.29 is 0 Å². The van der Waals surface area contributed by atoms with Gasteiger partial charge in [0.2, 0.25) is 0 Å². The zero-order chi connectivity index (χ0) is 10.3. The Hall–Kier alpha value is -1.83. The average molecular weight is 196 g/mol. The Bertz CT molecular complexity index is 555. The Morgan fingerprint density at radius 1 is 1.07 bits per heavy atom. The van der Waals surface area contributed by atoms with E-state index in [0.717, 1.165) is 18.5 Å². The molecule has 0 spiro atoms. The molecule has 0 radical (unpaired) electrons. The topological polar surface area (TPSA) is 38.4 Å². The summed E-state index contributed by atoms with van der Waals surface area (Å²) in [5.74, 6) is 0.682. The van der Waals surface area contributed by atoms with Gasteiger partial charge in [0.25, 0.3) is 0 Å². The first kappa shape index (κ1) is 8.48. The van der Waals surface area contributed by atoms with Gasteiger partial charge in [0.05, 0.1) is 0 Å². The summed E-state index contributed by atoms with van der Waals surface area (Å²) in [5, 5.41) is 2.60. The van der Waals surface area contributed by atoms with E-state index >= 15 is 0 Å². The fourth-order valence-corrected chi connectivity index (χ4v) is 2.22. The molecular formula is C13H12N2. The maximum atomic E-state index is 5.89. The minimum atomic E-state index is 0.682. The quantitative estimate of drug-likeness (QED) is 0.688. The van der Waals surface area contributed by atoms with Gasteiger partial charge in [-0.15, -0.1) is 0 Å². The van der Waals surface area contributed by atoms with Gasteiger partial charge in [0.1, 0.15) is 5.84 Å². The van der Waals surface area contributed by atoms with E-state index in [1.165, 1.54) is 16.3 Å². The molecule has 0 saturated heterocycles. The molecule has 2 nitrogen and oxygen atoms in total. The van der Waals surface area contributed by atoms with Crippen molar-refractivity contribution in [2.24, 2.45) is 10.7 Å². The van der Waals surface area contributed by atoms with E-state index in [4.69, 9.17) is 5.73 Å². The van der Waals surface area contributed by atoms with Gasteiger partial charge in [-0.25, -0.2) is 0 Å². The highest BCUT2D eigenvalue weighted by Crippen LogP contribution is 2.24. The third-order valence-electron chi connectivity index (χ3n) is 2.96. The molecule has 0 fully saturated rings. The molecule has 0 bridgehead atoms. The van der Waals surface area contributed by atoms with Crippen LogP contribution >= 0.6 is 0 Å². The number of benzene rings is 2. The highest BCUT2D eigenvalue weighted by atomic mass is 14.9. The second-order valence-corrected chi connectivity index (χ2v) is 3.83. The second-order valence-electron chi connectivity index (χ2n) is 3.83. The summed E-state index contributed by atoms with van der Waals surface area (Å²) < 4.78 is 0. The predicted octanol–water partition coefficient (Wildman–Crippen LogP) is 2.10. The highest BCUT2D eigenvalue weighted by molar-refractivity contribution is 6.04. The maximum absolute atomic E-state index is 5.89. The van der Waals surface area contributed by atoms with E-state index < -0.39 is 0 Å². The number of rotatable bonds is 0. The van der Waals surface area contributed by atoms with Crippen LogP contribution in [0.2, 0.25) is 0 Å². The van der Waals surface area contributed by atoms with Crippen LogP contribution in [0.1, 0.15) is 11.1 Å². The summed E-state index contributed by atoms with van der Waals surface area (Å²) in [6.07, 6.45) is 0.997. The Balaban J connectivity index is 2.39.